The van der Waals surface area contributed by atoms with E-state index in [0.29, 0.717) is 25.9 Å². The smallest absolute Gasteiger partial charge is 0.227 e. The molecule has 1 unspecified atom stereocenters. The standard InChI is InChI=1S/C16H21BrN2O2/c1-12-4-6-14(7-5-12)19-11-13(9-16(19)21)10-18-15(20)3-2-8-17/h4-7,13H,2-3,8-11H2,1H3,(H,18,20). The zero-order valence-corrected chi connectivity index (χ0v) is 13.9. The molecule has 4 nitrogen and oxygen atoms in total. The number of rotatable bonds is 6. The summed E-state index contributed by atoms with van der Waals surface area (Å²) < 4.78 is 0. The Morgan fingerprint density at radius 2 is 2.10 bits per heavy atom. The second kappa shape index (κ2) is 7.59. The Morgan fingerprint density at radius 1 is 1.38 bits per heavy atom. The van der Waals surface area contributed by atoms with Crippen LogP contribution in [-0.2, 0) is 9.59 Å². The SMILES string of the molecule is Cc1ccc(N2CC(CNC(=O)CCCBr)CC2=O)cc1. The van der Waals surface area contributed by atoms with Crippen molar-refractivity contribution < 1.29 is 9.59 Å². The largest absolute Gasteiger partial charge is 0.356 e. The van der Waals surface area contributed by atoms with Gasteiger partial charge in [-0.25, -0.2) is 0 Å². The minimum Gasteiger partial charge on any atom is -0.356 e. The first kappa shape index (κ1) is 16.0. The van der Waals surface area contributed by atoms with Crippen LogP contribution >= 0.6 is 15.9 Å². The fraction of sp³-hybridized carbons (Fsp3) is 0.500. The molecule has 21 heavy (non-hydrogen) atoms. The van der Waals surface area contributed by atoms with Gasteiger partial charge in [-0.05, 0) is 25.5 Å². The Balaban J connectivity index is 1.85. The lowest BCUT2D eigenvalue weighted by Gasteiger charge is -2.17. The van der Waals surface area contributed by atoms with Gasteiger partial charge in [-0.1, -0.05) is 33.6 Å². The molecule has 1 aliphatic rings. The summed E-state index contributed by atoms with van der Waals surface area (Å²) >= 11 is 3.31. The van der Waals surface area contributed by atoms with E-state index in [-0.39, 0.29) is 17.7 Å². The molecule has 2 amide bonds. The summed E-state index contributed by atoms with van der Waals surface area (Å²) in [5.41, 5.74) is 2.12. The predicted octanol–water partition coefficient (Wildman–Crippen LogP) is 2.64. The lowest BCUT2D eigenvalue weighted by molar-refractivity contribution is -0.121. The number of alkyl halides is 1. The molecule has 0 aliphatic carbocycles. The molecule has 1 N–H and O–H groups in total. The minimum absolute atomic E-state index is 0.0654. The zero-order chi connectivity index (χ0) is 15.2. The Bertz CT molecular complexity index is 502. The molecule has 1 aromatic rings. The number of benzene rings is 1. The number of amides is 2. The van der Waals surface area contributed by atoms with E-state index in [1.165, 1.54) is 5.56 Å². The first-order valence-electron chi connectivity index (χ1n) is 7.30. The second-order valence-electron chi connectivity index (χ2n) is 5.51. The van der Waals surface area contributed by atoms with Crippen molar-refractivity contribution in [3.8, 4) is 0 Å². The van der Waals surface area contributed by atoms with E-state index >= 15 is 0 Å². The fourth-order valence-corrected chi connectivity index (χ4v) is 2.75. The molecule has 1 heterocycles. The van der Waals surface area contributed by atoms with Gasteiger partial charge in [0, 0.05) is 42.9 Å². The van der Waals surface area contributed by atoms with E-state index in [4.69, 9.17) is 0 Å². The summed E-state index contributed by atoms with van der Waals surface area (Å²) in [4.78, 5) is 25.5. The monoisotopic (exact) mass is 352 g/mol. The first-order valence-corrected chi connectivity index (χ1v) is 8.42. The summed E-state index contributed by atoms with van der Waals surface area (Å²) in [6.45, 7) is 3.29. The van der Waals surface area contributed by atoms with Gasteiger partial charge in [0.1, 0.15) is 0 Å². The molecule has 1 saturated heterocycles. The molecule has 0 spiro atoms. The van der Waals surface area contributed by atoms with Crippen LogP contribution in [0.15, 0.2) is 24.3 Å². The van der Waals surface area contributed by atoms with Crippen LogP contribution in [-0.4, -0.2) is 30.2 Å². The van der Waals surface area contributed by atoms with Gasteiger partial charge < -0.3 is 10.2 Å². The number of halogens is 1. The van der Waals surface area contributed by atoms with Gasteiger partial charge >= 0.3 is 0 Å². The molecule has 0 saturated carbocycles. The average molecular weight is 353 g/mol. The van der Waals surface area contributed by atoms with Crippen LogP contribution in [0.5, 0.6) is 0 Å². The highest BCUT2D eigenvalue weighted by Crippen LogP contribution is 2.24. The Hall–Kier alpha value is -1.36. The third-order valence-corrected chi connectivity index (χ3v) is 4.24. The van der Waals surface area contributed by atoms with Crippen LogP contribution in [0.2, 0.25) is 0 Å². The molecule has 0 aromatic heterocycles. The predicted molar refractivity (Wildman–Crippen MR) is 87.7 cm³/mol. The van der Waals surface area contributed by atoms with Gasteiger partial charge in [-0.15, -0.1) is 0 Å². The van der Waals surface area contributed by atoms with Crippen LogP contribution in [0.25, 0.3) is 0 Å². The Labute approximate surface area is 134 Å². The highest BCUT2D eigenvalue weighted by Gasteiger charge is 2.30. The van der Waals surface area contributed by atoms with E-state index in [1.807, 2.05) is 36.1 Å². The molecular weight excluding hydrogens is 332 g/mol. The maximum Gasteiger partial charge on any atom is 0.227 e. The summed E-state index contributed by atoms with van der Waals surface area (Å²) in [6.07, 6.45) is 1.88. The van der Waals surface area contributed by atoms with E-state index in [0.717, 1.165) is 17.4 Å². The highest BCUT2D eigenvalue weighted by atomic mass is 79.9. The number of hydrogen-bond acceptors (Lipinski definition) is 2. The number of carbonyl (C=O) groups is 2. The number of anilines is 1. The van der Waals surface area contributed by atoms with Crippen LogP contribution in [0.4, 0.5) is 5.69 Å². The van der Waals surface area contributed by atoms with Crippen molar-refractivity contribution in [1.29, 1.82) is 0 Å². The van der Waals surface area contributed by atoms with Crippen molar-refractivity contribution in [3.63, 3.8) is 0 Å². The summed E-state index contributed by atoms with van der Waals surface area (Å²) in [5, 5.41) is 3.76. The van der Waals surface area contributed by atoms with Gasteiger partial charge in [-0.2, -0.15) is 0 Å². The quantitative estimate of drug-likeness (QED) is 0.800. The lowest BCUT2D eigenvalue weighted by atomic mass is 10.1. The highest BCUT2D eigenvalue weighted by molar-refractivity contribution is 9.09. The van der Waals surface area contributed by atoms with Crippen molar-refractivity contribution in [2.24, 2.45) is 5.92 Å². The van der Waals surface area contributed by atoms with E-state index in [1.54, 1.807) is 0 Å². The summed E-state index contributed by atoms with van der Waals surface area (Å²) in [5.74, 6) is 0.404. The van der Waals surface area contributed by atoms with Crippen LogP contribution < -0.4 is 10.2 Å². The second-order valence-corrected chi connectivity index (χ2v) is 6.30. The van der Waals surface area contributed by atoms with Crippen molar-refractivity contribution in [2.45, 2.75) is 26.2 Å². The number of carbonyl (C=O) groups excluding carboxylic acids is 2. The van der Waals surface area contributed by atoms with E-state index < -0.39 is 0 Å². The maximum atomic E-state index is 12.1. The Kier molecular flexibility index (Phi) is 5.79. The summed E-state index contributed by atoms with van der Waals surface area (Å²) in [6, 6.07) is 7.98. The fourth-order valence-electron chi connectivity index (χ4n) is 2.47. The zero-order valence-electron chi connectivity index (χ0n) is 12.3. The molecule has 1 aliphatic heterocycles. The van der Waals surface area contributed by atoms with Crippen LogP contribution in [0.3, 0.4) is 0 Å². The number of hydrogen-bond donors (Lipinski definition) is 1. The molecule has 0 bridgehead atoms. The molecule has 5 heteroatoms. The van der Waals surface area contributed by atoms with Crippen molar-refractivity contribution in [1.82, 2.24) is 5.32 Å². The third-order valence-electron chi connectivity index (χ3n) is 3.68. The van der Waals surface area contributed by atoms with Crippen LogP contribution in [0, 0.1) is 12.8 Å². The van der Waals surface area contributed by atoms with Gasteiger partial charge in [0.15, 0.2) is 0 Å². The molecule has 2 rings (SSSR count). The minimum atomic E-state index is 0.0654. The lowest BCUT2D eigenvalue weighted by Crippen LogP contribution is -2.31. The topological polar surface area (TPSA) is 49.4 Å². The van der Waals surface area contributed by atoms with Crippen molar-refractivity contribution >= 4 is 33.4 Å². The summed E-state index contributed by atoms with van der Waals surface area (Å²) in [7, 11) is 0. The number of nitrogens with zero attached hydrogens (tertiary/aromatic N) is 1. The molecule has 1 fully saturated rings. The number of aryl methyl sites for hydroxylation is 1. The van der Waals surface area contributed by atoms with E-state index in [2.05, 4.69) is 21.2 Å². The maximum absolute atomic E-state index is 12.1. The molecular formula is C16H21BrN2O2. The molecule has 1 atom stereocenters. The van der Waals surface area contributed by atoms with Gasteiger partial charge in [-0.3, -0.25) is 9.59 Å². The number of nitrogens with one attached hydrogen (secondary N) is 1. The molecule has 1 aromatic carbocycles. The Morgan fingerprint density at radius 3 is 2.76 bits per heavy atom. The van der Waals surface area contributed by atoms with Gasteiger partial charge in [0.2, 0.25) is 11.8 Å². The molecule has 114 valence electrons. The van der Waals surface area contributed by atoms with Crippen molar-refractivity contribution in [2.75, 3.05) is 23.3 Å². The third kappa shape index (κ3) is 4.56. The van der Waals surface area contributed by atoms with Gasteiger partial charge in [0.05, 0.1) is 0 Å². The molecule has 0 radical (unpaired) electrons. The first-order chi connectivity index (χ1) is 10.1. The van der Waals surface area contributed by atoms with Gasteiger partial charge in [0.25, 0.3) is 0 Å². The normalized spacial score (nSPS) is 18.1. The van der Waals surface area contributed by atoms with Crippen LogP contribution in [0.1, 0.15) is 24.8 Å². The van der Waals surface area contributed by atoms with E-state index in [9.17, 15) is 9.59 Å². The average Bonchev–Trinajstić information content (AvgIpc) is 2.85. The van der Waals surface area contributed by atoms with Crippen molar-refractivity contribution in [3.05, 3.63) is 29.8 Å².